The number of benzene rings is 2. The topological polar surface area (TPSA) is 35.5 Å². The molecule has 0 radical (unpaired) electrons. The van der Waals surface area contributed by atoms with Gasteiger partial charge < -0.3 is 9.47 Å². The number of aryl methyl sites for hydroxylation is 2. The van der Waals surface area contributed by atoms with Crippen molar-refractivity contribution >= 4 is 17.6 Å². The summed E-state index contributed by atoms with van der Waals surface area (Å²) in [6, 6.07) is 12.7. The summed E-state index contributed by atoms with van der Waals surface area (Å²) >= 11 is 5.86. The minimum Gasteiger partial charge on any atom is -0.482 e. The fourth-order valence-electron chi connectivity index (χ4n) is 1.87. The van der Waals surface area contributed by atoms with E-state index in [9.17, 15) is 4.79 Å². The minimum absolute atomic E-state index is 0.141. The molecule has 0 saturated heterocycles. The number of esters is 1. The van der Waals surface area contributed by atoms with Crippen LogP contribution in [0.5, 0.6) is 11.5 Å². The lowest BCUT2D eigenvalue weighted by Crippen LogP contribution is -2.18. The van der Waals surface area contributed by atoms with Crippen LogP contribution < -0.4 is 9.47 Å². The smallest absolute Gasteiger partial charge is 0.349 e. The predicted molar refractivity (Wildman–Crippen MR) is 83.1 cm³/mol. The Labute approximate surface area is 129 Å². The van der Waals surface area contributed by atoms with Crippen molar-refractivity contribution in [2.75, 3.05) is 6.61 Å². The lowest BCUT2D eigenvalue weighted by atomic mass is 10.2. The largest absolute Gasteiger partial charge is 0.482 e. The second-order valence-corrected chi connectivity index (χ2v) is 5.11. The van der Waals surface area contributed by atoms with Crippen LogP contribution in [0.3, 0.4) is 0 Å². The van der Waals surface area contributed by atoms with E-state index in [0.29, 0.717) is 16.5 Å². The Kier molecular flexibility index (Phi) is 5.23. The van der Waals surface area contributed by atoms with Crippen molar-refractivity contribution in [3.63, 3.8) is 0 Å². The SMILES string of the molecule is CCc1ccc(OC(=O)COc2ccc(Cl)cc2C)cc1. The van der Waals surface area contributed by atoms with Gasteiger partial charge in [-0.25, -0.2) is 4.79 Å². The molecule has 2 aromatic carbocycles. The van der Waals surface area contributed by atoms with Gasteiger partial charge in [-0.3, -0.25) is 0 Å². The second kappa shape index (κ2) is 7.14. The monoisotopic (exact) mass is 304 g/mol. The molecule has 0 fully saturated rings. The van der Waals surface area contributed by atoms with Crippen molar-refractivity contribution in [2.45, 2.75) is 20.3 Å². The Hall–Kier alpha value is -2.00. The van der Waals surface area contributed by atoms with Crippen LogP contribution in [-0.4, -0.2) is 12.6 Å². The fraction of sp³-hybridized carbons (Fsp3) is 0.235. The molecule has 2 rings (SSSR count). The highest BCUT2D eigenvalue weighted by molar-refractivity contribution is 6.30. The van der Waals surface area contributed by atoms with Gasteiger partial charge >= 0.3 is 5.97 Å². The molecule has 0 amide bonds. The van der Waals surface area contributed by atoms with Gasteiger partial charge in [0.2, 0.25) is 0 Å². The van der Waals surface area contributed by atoms with Crippen molar-refractivity contribution in [3.8, 4) is 11.5 Å². The molecule has 0 atom stereocenters. The average Bonchev–Trinajstić information content (AvgIpc) is 2.47. The van der Waals surface area contributed by atoms with E-state index in [-0.39, 0.29) is 6.61 Å². The van der Waals surface area contributed by atoms with Gasteiger partial charge in [-0.1, -0.05) is 30.7 Å². The average molecular weight is 305 g/mol. The normalized spacial score (nSPS) is 10.2. The van der Waals surface area contributed by atoms with Gasteiger partial charge in [0.05, 0.1) is 0 Å². The van der Waals surface area contributed by atoms with Crippen molar-refractivity contribution < 1.29 is 14.3 Å². The van der Waals surface area contributed by atoms with Crippen LogP contribution >= 0.6 is 11.6 Å². The summed E-state index contributed by atoms with van der Waals surface area (Å²) in [4.78, 5) is 11.7. The van der Waals surface area contributed by atoms with E-state index in [1.54, 1.807) is 30.3 Å². The number of ether oxygens (including phenoxy) is 2. The van der Waals surface area contributed by atoms with Crippen LogP contribution in [0, 0.1) is 6.92 Å². The summed E-state index contributed by atoms with van der Waals surface area (Å²) in [6.07, 6.45) is 0.952. The Morgan fingerprint density at radius 3 is 2.48 bits per heavy atom. The zero-order valence-corrected chi connectivity index (χ0v) is 12.8. The molecule has 0 aliphatic carbocycles. The molecule has 0 aliphatic rings. The van der Waals surface area contributed by atoms with Gasteiger partial charge in [-0.15, -0.1) is 0 Å². The Balaban J connectivity index is 1.89. The summed E-state index contributed by atoms with van der Waals surface area (Å²) in [5.74, 6) is 0.708. The third-order valence-electron chi connectivity index (χ3n) is 3.05. The van der Waals surface area contributed by atoms with Crippen LogP contribution in [0.25, 0.3) is 0 Å². The van der Waals surface area contributed by atoms with Crippen molar-refractivity contribution in [1.82, 2.24) is 0 Å². The van der Waals surface area contributed by atoms with E-state index >= 15 is 0 Å². The molecule has 21 heavy (non-hydrogen) atoms. The van der Waals surface area contributed by atoms with E-state index in [1.165, 1.54) is 5.56 Å². The zero-order valence-electron chi connectivity index (χ0n) is 12.1. The molecular formula is C17H17ClO3. The third kappa shape index (κ3) is 4.50. The van der Waals surface area contributed by atoms with Crippen molar-refractivity contribution in [2.24, 2.45) is 0 Å². The summed E-state index contributed by atoms with van der Waals surface area (Å²) < 4.78 is 10.6. The number of halogens is 1. The van der Waals surface area contributed by atoms with Gasteiger partial charge in [-0.05, 0) is 54.8 Å². The van der Waals surface area contributed by atoms with Crippen molar-refractivity contribution in [3.05, 3.63) is 58.6 Å². The first kappa shape index (κ1) is 15.4. The third-order valence-corrected chi connectivity index (χ3v) is 3.28. The molecule has 2 aromatic rings. The summed E-state index contributed by atoms with van der Waals surface area (Å²) in [6.45, 7) is 3.80. The number of hydrogen-bond acceptors (Lipinski definition) is 3. The molecular weight excluding hydrogens is 288 g/mol. The minimum atomic E-state index is -0.436. The first-order valence-electron chi connectivity index (χ1n) is 6.77. The van der Waals surface area contributed by atoms with Gasteiger partial charge in [0.15, 0.2) is 6.61 Å². The van der Waals surface area contributed by atoms with Gasteiger partial charge in [0.25, 0.3) is 0 Å². The van der Waals surface area contributed by atoms with Crippen molar-refractivity contribution in [1.29, 1.82) is 0 Å². The highest BCUT2D eigenvalue weighted by Crippen LogP contribution is 2.21. The molecule has 0 bridgehead atoms. The predicted octanol–water partition coefficient (Wildman–Crippen LogP) is 4.20. The van der Waals surface area contributed by atoms with E-state index in [0.717, 1.165) is 12.0 Å². The van der Waals surface area contributed by atoms with Crippen LogP contribution in [-0.2, 0) is 11.2 Å². The second-order valence-electron chi connectivity index (χ2n) is 4.67. The number of rotatable bonds is 5. The number of carbonyl (C=O) groups is 1. The highest BCUT2D eigenvalue weighted by atomic mass is 35.5. The van der Waals surface area contributed by atoms with Crippen LogP contribution in [0.15, 0.2) is 42.5 Å². The van der Waals surface area contributed by atoms with Crippen LogP contribution in [0.4, 0.5) is 0 Å². The maximum atomic E-state index is 11.7. The maximum absolute atomic E-state index is 11.7. The molecule has 110 valence electrons. The summed E-state index contributed by atoms with van der Waals surface area (Å²) in [5.41, 5.74) is 2.07. The number of hydrogen-bond donors (Lipinski definition) is 0. The lowest BCUT2D eigenvalue weighted by Gasteiger charge is -2.09. The van der Waals surface area contributed by atoms with Crippen LogP contribution in [0.1, 0.15) is 18.1 Å². The molecule has 0 heterocycles. The van der Waals surface area contributed by atoms with Gasteiger partial charge in [-0.2, -0.15) is 0 Å². The molecule has 0 N–H and O–H groups in total. The fourth-order valence-corrected chi connectivity index (χ4v) is 2.09. The van der Waals surface area contributed by atoms with Gasteiger partial charge in [0.1, 0.15) is 11.5 Å². The molecule has 0 saturated carbocycles. The molecule has 0 aliphatic heterocycles. The van der Waals surface area contributed by atoms with E-state index in [4.69, 9.17) is 21.1 Å². The first-order chi connectivity index (χ1) is 10.1. The van der Waals surface area contributed by atoms with E-state index < -0.39 is 5.97 Å². The molecule has 3 nitrogen and oxygen atoms in total. The molecule has 0 spiro atoms. The van der Waals surface area contributed by atoms with E-state index in [2.05, 4.69) is 6.92 Å². The zero-order chi connectivity index (χ0) is 15.2. The lowest BCUT2D eigenvalue weighted by molar-refractivity contribution is -0.136. The van der Waals surface area contributed by atoms with Crippen LogP contribution in [0.2, 0.25) is 5.02 Å². The number of carbonyl (C=O) groups excluding carboxylic acids is 1. The van der Waals surface area contributed by atoms with E-state index in [1.807, 2.05) is 19.1 Å². The Morgan fingerprint density at radius 1 is 1.14 bits per heavy atom. The highest BCUT2D eigenvalue weighted by Gasteiger charge is 2.08. The first-order valence-corrected chi connectivity index (χ1v) is 7.15. The molecule has 0 unspecified atom stereocenters. The summed E-state index contributed by atoms with van der Waals surface area (Å²) in [7, 11) is 0. The van der Waals surface area contributed by atoms with Gasteiger partial charge in [0, 0.05) is 5.02 Å². The molecule has 0 aromatic heterocycles. The Morgan fingerprint density at radius 2 is 1.86 bits per heavy atom. The molecule has 4 heteroatoms. The quantitative estimate of drug-likeness (QED) is 0.613. The summed E-state index contributed by atoms with van der Waals surface area (Å²) in [5, 5.41) is 0.637. The Bertz CT molecular complexity index is 620. The maximum Gasteiger partial charge on any atom is 0.349 e. The standard InChI is InChI=1S/C17H17ClO3/c1-3-13-4-7-15(8-5-13)21-17(19)11-20-16-9-6-14(18)10-12(16)2/h4-10H,3,11H2,1-2H3.